The Morgan fingerprint density at radius 2 is 2.12 bits per heavy atom. The molecule has 1 aromatic rings. The molecular formula is C12H14F3NO. The van der Waals surface area contributed by atoms with Crippen LogP contribution in [0.25, 0.3) is 0 Å². The first kappa shape index (κ1) is 12.2. The zero-order chi connectivity index (χ0) is 12.5. The zero-order valence-electron chi connectivity index (χ0n) is 9.24. The van der Waals surface area contributed by atoms with Gasteiger partial charge in [0.05, 0.1) is 5.56 Å². The van der Waals surface area contributed by atoms with Crippen LogP contribution in [0.5, 0.6) is 0 Å². The second-order valence-electron chi connectivity index (χ2n) is 4.33. The molecule has 0 aromatic heterocycles. The van der Waals surface area contributed by atoms with Gasteiger partial charge < -0.3 is 10.0 Å². The third-order valence-corrected chi connectivity index (χ3v) is 3.08. The van der Waals surface area contributed by atoms with Crippen LogP contribution in [0.15, 0.2) is 24.3 Å². The first-order valence-electron chi connectivity index (χ1n) is 5.54. The van der Waals surface area contributed by atoms with Crippen molar-refractivity contribution >= 4 is 5.69 Å². The van der Waals surface area contributed by atoms with Gasteiger partial charge in [0.25, 0.3) is 0 Å². The Bertz CT molecular complexity index is 392. The van der Waals surface area contributed by atoms with Gasteiger partial charge >= 0.3 is 6.18 Å². The Kier molecular flexibility index (Phi) is 3.28. The quantitative estimate of drug-likeness (QED) is 0.865. The number of benzene rings is 1. The maximum absolute atomic E-state index is 12.5. The van der Waals surface area contributed by atoms with Gasteiger partial charge in [-0.2, -0.15) is 13.2 Å². The van der Waals surface area contributed by atoms with Crippen molar-refractivity contribution in [3.05, 3.63) is 29.8 Å². The molecule has 0 amide bonds. The molecule has 2 rings (SSSR count). The molecule has 5 heteroatoms. The lowest BCUT2D eigenvalue weighted by Crippen LogP contribution is -2.21. The standard InChI is InChI=1S/C12H14F3NO/c13-12(14,15)10-2-1-3-11(6-10)16-5-4-9(7-16)8-17/h1-3,6,9,17H,4-5,7-8H2. The molecule has 1 aliphatic rings. The predicted molar refractivity (Wildman–Crippen MR) is 58.8 cm³/mol. The van der Waals surface area contributed by atoms with Crippen LogP contribution in [-0.2, 0) is 6.18 Å². The van der Waals surface area contributed by atoms with Gasteiger partial charge in [-0.3, -0.25) is 0 Å². The van der Waals surface area contributed by atoms with E-state index in [9.17, 15) is 13.2 Å². The number of anilines is 1. The summed E-state index contributed by atoms with van der Waals surface area (Å²) < 4.78 is 37.6. The molecule has 0 radical (unpaired) electrons. The zero-order valence-corrected chi connectivity index (χ0v) is 9.24. The summed E-state index contributed by atoms with van der Waals surface area (Å²) in [6.07, 6.45) is -3.47. The average Bonchev–Trinajstić information content (AvgIpc) is 2.76. The molecule has 1 unspecified atom stereocenters. The van der Waals surface area contributed by atoms with Crippen LogP contribution in [0.4, 0.5) is 18.9 Å². The normalized spacial score (nSPS) is 20.9. The largest absolute Gasteiger partial charge is 0.416 e. The number of aliphatic hydroxyl groups is 1. The number of hydrogen-bond donors (Lipinski definition) is 1. The molecule has 0 saturated carbocycles. The summed E-state index contributed by atoms with van der Waals surface area (Å²) in [5, 5.41) is 9.01. The fourth-order valence-corrected chi connectivity index (χ4v) is 2.10. The molecular weight excluding hydrogens is 231 g/mol. The Morgan fingerprint density at radius 3 is 2.71 bits per heavy atom. The van der Waals surface area contributed by atoms with E-state index in [2.05, 4.69) is 0 Å². The minimum absolute atomic E-state index is 0.0927. The summed E-state index contributed by atoms with van der Waals surface area (Å²) in [7, 11) is 0. The number of aliphatic hydroxyl groups excluding tert-OH is 1. The van der Waals surface area contributed by atoms with Crippen LogP contribution >= 0.6 is 0 Å². The SMILES string of the molecule is OCC1CCN(c2cccc(C(F)(F)F)c2)C1. The van der Waals surface area contributed by atoms with E-state index in [1.165, 1.54) is 12.1 Å². The highest BCUT2D eigenvalue weighted by Crippen LogP contribution is 2.32. The van der Waals surface area contributed by atoms with E-state index in [0.717, 1.165) is 12.5 Å². The van der Waals surface area contributed by atoms with Gasteiger partial charge in [0.1, 0.15) is 0 Å². The molecule has 94 valence electrons. The van der Waals surface area contributed by atoms with Gasteiger partial charge in [-0.15, -0.1) is 0 Å². The van der Waals surface area contributed by atoms with Crippen molar-refractivity contribution < 1.29 is 18.3 Å². The van der Waals surface area contributed by atoms with Gasteiger partial charge in [-0.1, -0.05) is 6.07 Å². The number of rotatable bonds is 2. The Morgan fingerprint density at radius 1 is 1.35 bits per heavy atom. The molecule has 1 fully saturated rings. The van der Waals surface area contributed by atoms with Crippen LogP contribution < -0.4 is 4.90 Å². The molecule has 1 heterocycles. The predicted octanol–water partition coefficient (Wildman–Crippen LogP) is 2.52. The number of halogens is 3. The smallest absolute Gasteiger partial charge is 0.396 e. The fourth-order valence-electron chi connectivity index (χ4n) is 2.10. The lowest BCUT2D eigenvalue weighted by atomic mass is 10.1. The van der Waals surface area contributed by atoms with E-state index in [0.29, 0.717) is 18.8 Å². The third-order valence-electron chi connectivity index (χ3n) is 3.08. The molecule has 2 nitrogen and oxygen atoms in total. The summed E-state index contributed by atoms with van der Waals surface area (Å²) in [4.78, 5) is 1.89. The van der Waals surface area contributed by atoms with Crippen LogP contribution in [0.3, 0.4) is 0 Å². The second kappa shape index (κ2) is 4.56. The first-order chi connectivity index (χ1) is 8.00. The third kappa shape index (κ3) is 2.72. The van der Waals surface area contributed by atoms with E-state index in [4.69, 9.17) is 5.11 Å². The highest BCUT2D eigenvalue weighted by molar-refractivity contribution is 5.50. The summed E-state index contributed by atoms with van der Waals surface area (Å²) in [6.45, 7) is 1.42. The maximum Gasteiger partial charge on any atom is 0.416 e. The van der Waals surface area contributed by atoms with Gasteiger partial charge in [0.2, 0.25) is 0 Å². The summed E-state index contributed by atoms with van der Waals surface area (Å²) >= 11 is 0. The molecule has 0 bridgehead atoms. The fraction of sp³-hybridized carbons (Fsp3) is 0.500. The summed E-state index contributed by atoms with van der Waals surface area (Å²) in [6, 6.07) is 5.34. The molecule has 1 aliphatic heterocycles. The van der Waals surface area contributed by atoms with Crippen molar-refractivity contribution in [2.24, 2.45) is 5.92 Å². The molecule has 0 spiro atoms. The Hall–Kier alpha value is -1.23. The molecule has 1 aromatic carbocycles. The monoisotopic (exact) mass is 245 g/mol. The minimum Gasteiger partial charge on any atom is -0.396 e. The minimum atomic E-state index is -4.30. The van der Waals surface area contributed by atoms with E-state index < -0.39 is 11.7 Å². The highest BCUT2D eigenvalue weighted by atomic mass is 19.4. The van der Waals surface area contributed by atoms with E-state index >= 15 is 0 Å². The van der Waals surface area contributed by atoms with Crippen molar-refractivity contribution in [1.29, 1.82) is 0 Å². The second-order valence-corrected chi connectivity index (χ2v) is 4.33. The van der Waals surface area contributed by atoms with Crippen molar-refractivity contribution in [3.63, 3.8) is 0 Å². The Balaban J connectivity index is 2.17. The maximum atomic E-state index is 12.5. The van der Waals surface area contributed by atoms with Crippen LogP contribution in [-0.4, -0.2) is 24.8 Å². The average molecular weight is 245 g/mol. The van der Waals surface area contributed by atoms with Gasteiger partial charge in [-0.05, 0) is 24.6 Å². The molecule has 0 aliphatic carbocycles. The molecule has 1 saturated heterocycles. The van der Waals surface area contributed by atoms with E-state index in [-0.39, 0.29) is 12.5 Å². The lowest BCUT2D eigenvalue weighted by molar-refractivity contribution is -0.137. The number of alkyl halides is 3. The molecule has 17 heavy (non-hydrogen) atoms. The highest BCUT2D eigenvalue weighted by Gasteiger charge is 2.31. The summed E-state index contributed by atoms with van der Waals surface area (Å²) in [5.74, 6) is 0.171. The van der Waals surface area contributed by atoms with Crippen molar-refractivity contribution in [2.45, 2.75) is 12.6 Å². The number of nitrogens with zero attached hydrogens (tertiary/aromatic N) is 1. The lowest BCUT2D eigenvalue weighted by Gasteiger charge is -2.19. The topological polar surface area (TPSA) is 23.5 Å². The first-order valence-corrected chi connectivity index (χ1v) is 5.54. The van der Waals surface area contributed by atoms with Crippen molar-refractivity contribution in [2.75, 3.05) is 24.6 Å². The Labute approximate surface area is 97.7 Å². The van der Waals surface area contributed by atoms with Gasteiger partial charge in [0, 0.05) is 31.3 Å². The van der Waals surface area contributed by atoms with Gasteiger partial charge in [-0.25, -0.2) is 0 Å². The van der Waals surface area contributed by atoms with Gasteiger partial charge in [0.15, 0.2) is 0 Å². The van der Waals surface area contributed by atoms with Crippen LogP contribution in [0.1, 0.15) is 12.0 Å². The number of hydrogen-bond acceptors (Lipinski definition) is 2. The van der Waals surface area contributed by atoms with E-state index in [1.54, 1.807) is 6.07 Å². The summed E-state index contributed by atoms with van der Waals surface area (Å²) in [5.41, 5.74) is -0.0433. The molecule has 1 atom stereocenters. The van der Waals surface area contributed by atoms with Crippen LogP contribution in [0, 0.1) is 5.92 Å². The molecule has 1 N–H and O–H groups in total. The van der Waals surface area contributed by atoms with Crippen molar-refractivity contribution in [1.82, 2.24) is 0 Å². The van der Waals surface area contributed by atoms with Crippen LogP contribution in [0.2, 0.25) is 0 Å². The van der Waals surface area contributed by atoms with E-state index in [1.807, 2.05) is 4.90 Å². The van der Waals surface area contributed by atoms with Crippen molar-refractivity contribution in [3.8, 4) is 0 Å².